The molecule has 1 aromatic rings. The summed E-state index contributed by atoms with van der Waals surface area (Å²) in [6, 6.07) is 0.634. The molecule has 0 spiro atoms. The van der Waals surface area contributed by atoms with Gasteiger partial charge in [0.15, 0.2) is 0 Å². The lowest BCUT2D eigenvalue weighted by Gasteiger charge is -2.19. The lowest BCUT2D eigenvalue weighted by molar-refractivity contribution is 0.454. The molecule has 0 unspecified atom stereocenters. The maximum Gasteiger partial charge on any atom is 0.318 e. The molecule has 0 saturated carbocycles. The first-order valence-electron chi connectivity index (χ1n) is 6.45. The fourth-order valence-corrected chi connectivity index (χ4v) is 1.60. The molecule has 0 amide bonds. The van der Waals surface area contributed by atoms with Crippen molar-refractivity contribution in [3.05, 3.63) is 5.89 Å². The fourth-order valence-electron chi connectivity index (χ4n) is 1.60. The van der Waals surface area contributed by atoms with E-state index in [9.17, 15) is 0 Å². The predicted octanol–water partition coefficient (Wildman–Crippen LogP) is 2.05. The zero-order chi connectivity index (χ0) is 12.7. The van der Waals surface area contributed by atoms with Gasteiger partial charge in [0.1, 0.15) is 0 Å². The predicted molar refractivity (Wildman–Crippen MR) is 69.0 cm³/mol. The minimum absolute atomic E-state index is 0.587. The topological polar surface area (TPSA) is 54.2 Å². The minimum atomic E-state index is 0.587. The Kier molecular flexibility index (Phi) is 5.97. The standard InChI is InChI=1S/C12H24N4O/c1-5-7-13-8-11-14-15-12(17-11)16(6-2)9-10(3)4/h10,13H,5-9H2,1-4H3. The van der Waals surface area contributed by atoms with Gasteiger partial charge in [0, 0.05) is 13.1 Å². The van der Waals surface area contributed by atoms with Gasteiger partial charge in [-0.3, -0.25) is 0 Å². The second-order valence-corrected chi connectivity index (χ2v) is 4.59. The SMILES string of the molecule is CCCNCc1nnc(N(CC)CC(C)C)o1. The van der Waals surface area contributed by atoms with E-state index in [1.807, 2.05) is 0 Å². The summed E-state index contributed by atoms with van der Waals surface area (Å²) in [6.45, 7) is 12.1. The van der Waals surface area contributed by atoms with Crippen molar-refractivity contribution >= 4 is 6.01 Å². The molecular weight excluding hydrogens is 216 g/mol. The molecule has 98 valence electrons. The van der Waals surface area contributed by atoms with Crippen LogP contribution in [0.2, 0.25) is 0 Å². The van der Waals surface area contributed by atoms with E-state index in [4.69, 9.17) is 4.42 Å². The smallest absolute Gasteiger partial charge is 0.318 e. The average Bonchev–Trinajstić information content (AvgIpc) is 2.74. The Morgan fingerprint density at radius 2 is 2.06 bits per heavy atom. The summed E-state index contributed by atoms with van der Waals surface area (Å²) in [7, 11) is 0. The van der Waals surface area contributed by atoms with Crippen molar-refractivity contribution in [3.8, 4) is 0 Å². The molecule has 0 fully saturated rings. The maximum atomic E-state index is 5.63. The van der Waals surface area contributed by atoms with Crippen molar-refractivity contribution in [1.82, 2.24) is 15.5 Å². The molecule has 1 rings (SSSR count). The van der Waals surface area contributed by atoms with Crippen molar-refractivity contribution in [2.24, 2.45) is 5.92 Å². The normalized spacial score (nSPS) is 11.1. The van der Waals surface area contributed by atoms with Crippen LogP contribution in [0.1, 0.15) is 40.0 Å². The van der Waals surface area contributed by atoms with Gasteiger partial charge in [-0.25, -0.2) is 0 Å². The van der Waals surface area contributed by atoms with Crippen molar-refractivity contribution in [2.45, 2.75) is 40.7 Å². The molecule has 1 N–H and O–H groups in total. The number of rotatable bonds is 8. The quantitative estimate of drug-likeness (QED) is 0.705. The van der Waals surface area contributed by atoms with Gasteiger partial charge in [-0.1, -0.05) is 25.9 Å². The average molecular weight is 240 g/mol. The zero-order valence-electron chi connectivity index (χ0n) is 11.4. The number of nitrogens with zero attached hydrogens (tertiary/aromatic N) is 3. The first-order chi connectivity index (χ1) is 8.17. The van der Waals surface area contributed by atoms with Crippen LogP contribution in [-0.4, -0.2) is 29.8 Å². The van der Waals surface area contributed by atoms with Crippen LogP contribution >= 0.6 is 0 Å². The van der Waals surface area contributed by atoms with Gasteiger partial charge in [-0.15, -0.1) is 5.10 Å². The first-order valence-corrected chi connectivity index (χ1v) is 6.45. The van der Waals surface area contributed by atoms with Crippen molar-refractivity contribution in [1.29, 1.82) is 0 Å². The minimum Gasteiger partial charge on any atom is -0.407 e. The molecule has 1 heterocycles. The third-order valence-corrected chi connectivity index (χ3v) is 2.40. The van der Waals surface area contributed by atoms with Crippen LogP contribution in [0.5, 0.6) is 0 Å². The van der Waals surface area contributed by atoms with Crippen LogP contribution in [0.25, 0.3) is 0 Å². The van der Waals surface area contributed by atoms with Crippen molar-refractivity contribution in [3.63, 3.8) is 0 Å². The molecule has 0 saturated heterocycles. The molecule has 0 aliphatic rings. The number of nitrogens with one attached hydrogen (secondary N) is 1. The van der Waals surface area contributed by atoms with E-state index in [1.54, 1.807) is 0 Å². The Labute approximate surface area is 104 Å². The number of anilines is 1. The molecule has 0 atom stereocenters. The van der Waals surface area contributed by atoms with Crippen LogP contribution in [-0.2, 0) is 6.54 Å². The van der Waals surface area contributed by atoms with E-state index in [-0.39, 0.29) is 0 Å². The molecular formula is C12H24N4O. The van der Waals surface area contributed by atoms with Crippen LogP contribution < -0.4 is 10.2 Å². The van der Waals surface area contributed by atoms with Gasteiger partial charge in [-0.05, 0) is 25.8 Å². The van der Waals surface area contributed by atoms with E-state index in [2.05, 4.69) is 48.1 Å². The number of aromatic nitrogens is 2. The fraction of sp³-hybridized carbons (Fsp3) is 0.833. The van der Waals surface area contributed by atoms with Crippen LogP contribution in [0, 0.1) is 5.92 Å². The summed E-state index contributed by atoms with van der Waals surface area (Å²) in [5, 5.41) is 11.4. The molecule has 5 nitrogen and oxygen atoms in total. The highest BCUT2D eigenvalue weighted by atomic mass is 16.4. The van der Waals surface area contributed by atoms with Gasteiger partial charge < -0.3 is 14.6 Å². The highest BCUT2D eigenvalue weighted by Gasteiger charge is 2.13. The molecule has 0 aromatic carbocycles. The lowest BCUT2D eigenvalue weighted by atomic mass is 10.2. The van der Waals surface area contributed by atoms with Gasteiger partial charge in [0.25, 0.3) is 0 Å². The van der Waals surface area contributed by atoms with E-state index in [0.29, 0.717) is 24.4 Å². The molecule has 0 aliphatic carbocycles. The number of hydrogen-bond acceptors (Lipinski definition) is 5. The van der Waals surface area contributed by atoms with E-state index < -0.39 is 0 Å². The third-order valence-electron chi connectivity index (χ3n) is 2.40. The first kappa shape index (κ1) is 14.0. The summed E-state index contributed by atoms with van der Waals surface area (Å²) >= 11 is 0. The molecule has 0 radical (unpaired) electrons. The number of hydrogen-bond donors (Lipinski definition) is 1. The van der Waals surface area contributed by atoms with Gasteiger partial charge in [-0.2, -0.15) is 0 Å². The van der Waals surface area contributed by atoms with E-state index in [1.165, 1.54) is 0 Å². The highest BCUT2D eigenvalue weighted by molar-refractivity contribution is 5.23. The van der Waals surface area contributed by atoms with E-state index in [0.717, 1.165) is 26.1 Å². The summed E-state index contributed by atoms with van der Waals surface area (Å²) in [5.41, 5.74) is 0. The van der Waals surface area contributed by atoms with Crippen molar-refractivity contribution in [2.75, 3.05) is 24.5 Å². The van der Waals surface area contributed by atoms with Gasteiger partial charge in [0.05, 0.1) is 6.54 Å². The maximum absolute atomic E-state index is 5.63. The largest absolute Gasteiger partial charge is 0.407 e. The van der Waals surface area contributed by atoms with Gasteiger partial charge in [0.2, 0.25) is 5.89 Å². The Bertz CT molecular complexity index is 311. The lowest BCUT2D eigenvalue weighted by Crippen LogP contribution is -2.27. The molecule has 0 aliphatic heterocycles. The summed E-state index contributed by atoms with van der Waals surface area (Å²) < 4.78 is 5.63. The zero-order valence-corrected chi connectivity index (χ0v) is 11.4. The second-order valence-electron chi connectivity index (χ2n) is 4.59. The van der Waals surface area contributed by atoms with Crippen LogP contribution in [0.3, 0.4) is 0 Å². The Morgan fingerprint density at radius 3 is 2.65 bits per heavy atom. The van der Waals surface area contributed by atoms with Crippen LogP contribution in [0.15, 0.2) is 4.42 Å². The monoisotopic (exact) mass is 240 g/mol. The van der Waals surface area contributed by atoms with E-state index >= 15 is 0 Å². The summed E-state index contributed by atoms with van der Waals surface area (Å²) in [6.07, 6.45) is 1.11. The molecule has 17 heavy (non-hydrogen) atoms. The highest BCUT2D eigenvalue weighted by Crippen LogP contribution is 2.13. The Morgan fingerprint density at radius 1 is 1.29 bits per heavy atom. The third kappa shape index (κ3) is 4.73. The summed E-state index contributed by atoms with van der Waals surface area (Å²) in [4.78, 5) is 2.11. The Hall–Kier alpha value is -1.10. The summed E-state index contributed by atoms with van der Waals surface area (Å²) in [5.74, 6) is 1.25. The molecule has 0 bridgehead atoms. The Balaban J connectivity index is 2.52. The van der Waals surface area contributed by atoms with Gasteiger partial charge >= 0.3 is 6.01 Å². The van der Waals surface area contributed by atoms with Crippen molar-refractivity contribution < 1.29 is 4.42 Å². The molecule has 1 aromatic heterocycles. The van der Waals surface area contributed by atoms with Crippen LogP contribution in [0.4, 0.5) is 6.01 Å². The molecule has 5 heteroatoms. The second kappa shape index (κ2) is 7.27.